The number of alkyl halides is 2. The fourth-order valence-corrected chi connectivity index (χ4v) is 3.40. The van der Waals surface area contributed by atoms with Gasteiger partial charge in [0.1, 0.15) is 23.4 Å². The molecule has 31 heavy (non-hydrogen) atoms. The van der Waals surface area contributed by atoms with E-state index in [1.165, 1.54) is 13.2 Å². The van der Waals surface area contributed by atoms with Crippen LogP contribution < -0.4 is 19.5 Å². The monoisotopic (exact) mass is 547 g/mol. The molecule has 6 nitrogen and oxygen atoms in total. The molecule has 170 valence electrons. The average Bonchev–Trinajstić information content (AvgIpc) is 2.76. The Hall–Kier alpha value is -2.30. The van der Waals surface area contributed by atoms with Crippen LogP contribution in [-0.2, 0) is 6.54 Å². The lowest BCUT2D eigenvalue weighted by Gasteiger charge is -2.34. The van der Waals surface area contributed by atoms with Crippen LogP contribution in [0.3, 0.4) is 0 Å². The highest BCUT2D eigenvalue weighted by Gasteiger charge is 2.23. The third kappa shape index (κ3) is 7.41. The van der Waals surface area contributed by atoms with Crippen molar-refractivity contribution in [2.24, 2.45) is 4.99 Å². The maximum absolute atomic E-state index is 12.8. The van der Waals surface area contributed by atoms with Gasteiger partial charge in [-0.05, 0) is 24.3 Å². The van der Waals surface area contributed by atoms with Gasteiger partial charge in [-0.1, -0.05) is 18.2 Å². The Morgan fingerprint density at radius 2 is 1.84 bits per heavy atom. The van der Waals surface area contributed by atoms with Crippen LogP contribution in [0.2, 0.25) is 0 Å². The van der Waals surface area contributed by atoms with Crippen LogP contribution in [0.15, 0.2) is 53.5 Å². The Bertz CT molecular complexity index is 832. The Morgan fingerprint density at radius 1 is 1.13 bits per heavy atom. The molecule has 1 saturated heterocycles. The highest BCUT2D eigenvalue weighted by Crippen LogP contribution is 2.26. The largest absolute Gasteiger partial charge is 0.497 e. The van der Waals surface area contributed by atoms with Crippen molar-refractivity contribution in [2.75, 3.05) is 27.2 Å². The Balaban J connectivity index is 0.00000341. The number of aliphatic imine (C=N–C) groups is 1. The number of nitrogens with one attached hydrogen (secondary N) is 1. The van der Waals surface area contributed by atoms with Crippen molar-refractivity contribution in [1.82, 2.24) is 10.2 Å². The van der Waals surface area contributed by atoms with Crippen molar-refractivity contribution in [3.05, 3.63) is 54.1 Å². The maximum Gasteiger partial charge on any atom is 0.387 e. The smallest absolute Gasteiger partial charge is 0.387 e. The number of rotatable bonds is 7. The molecular weight excluding hydrogens is 519 g/mol. The minimum absolute atomic E-state index is 0. The summed E-state index contributed by atoms with van der Waals surface area (Å²) < 4.78 is 41.3. The second-order valence-electron chi connectivity index (χ2n) is 6.87. The van der Waals surface area contributed by atoms with Crippen molar-refractivity contribution in [3.8, 4) is 17.2 Å². The molecule has 0 bridgehead atoms. The van der Waals surface area contributed by atoms with E-state index in [0.29, 0.717) is 23.8 Å². The van der Waals surface area contributed by atoms with Gasteiger partial charge >= 0.3 is 6.61 Å². The lowest BCUT2D eigenvalue weighted by atomic mass is 10.1. The van der Waals surface area contributed by atoms with Gasteiger partial charge in [-0.2, -0.15) is 8.78 Å². The first-order valence-corrected chi connectivity index (χ1v) is 9.88. The van der Waals surface area contributed by atoms with E-state index in [-0.39, 0.29) is 35.8 Å². The number of piperidine rings is 1. The summed E-state index contributed by atoms with van der Waals surface area (Å²) in [6.07, 6.45) is 1.91. The number of likely N-dealkylation sites (tertiary alicyclic amines) is 1. The minimum atomic E-state index is -2.90. The Morgan fingerprint density at radius 3 is 2.45 bits per heavy atom. The third-order valence-corrected chi connectivity index (χ3v) is 4.93. The number of para-hydroxylation sites is 1. The van der Waals surface area contributed by atoms with Gasteiger partial charge in [-0.25, -0.2) is 0 Å². The molecule has 2 aromatic carbocycles. The molecule has 1 heterocycles. The summed E-state index contributed by atoms with van der Waals surface area (Å²) in [7, 11) is 3.19. The quantitative estimate of drug-likeness (QED) is 0.314. The zero-order chi connectivity index (χ0) is 21.3. The van der Waals surface area contributed by atoms with E-state index in [2.05, 4.69) is 19.9 Å². The summed E-state index contributed by atoms with van der Waals surface area (Å²) in [5, 5.41) is 3.24. The zero-order valence-electron chi connectivity index (χ0n) is 17.6. The standard InChI is InChI=1S/C22H27F2N3O3.HI/c1-25-22(26-15-16-8-9-19(28-2)14-20(16)30-21(23)24)27-12-10-18(11-13-27)29-17-6-4-3-5-7-17;/h3-9,14,18,21H,10-13,15H2,1-2H3,(H,25,26);1H. The zero-order valence-corrected chi connectivity index (χ0v) is 19.9. The van der Waals surface area contributed by atoms with E-state index in [0.717, 1.165) is 31.7 Å². The number of halogens is 3. The number of ether oxygens (including phenoxy) is 3. The van der Waals surface area contributed by atoms with Gasteiger partial charge in [0.25, 0.3) is 0 Å². The van der Waals surface area contributed by atoms with Crippen molar-refractivity contribution in [2.45, 2.75) is 32.1 Å². The second kappa shape index (κ2) is 12.5. The summed E-state index contributed by atoms with van der Waals surface area (Å²) in [6, 6.07) is 14.7. The summed E-state index contributed by atoms with van der Waals surface area (Å²) in [5.41, 5.74) is 0.597. The minimum Gasteiger partial charge on any atom is -0.497 e. The highest BCUT2D eigenvalue weighted by atomic mass is 127. The fraction of sp³-hybridized carbons (Fsp3) is 0.409. The lowest BCUT2D eigenvalue weighted by molar-refractivity contribution is -0.0505. The van der Waals surface area contributed by atoms with Crippen molar-refractivity contribution in [1.29, 1.82) is 0 Å². The van der Waals surface area contributed by atoms with Gasteiger partial charge in [0.2, 0.25) is 0 Å². The number of hydrogen-bond acceptors (Lipinski definition) is 4. The molecule has 1 aliphatic heterocycles. The predicted molar refractivity (Wildman–Crippen MR) is 127 cm³/mol. The number of methoxy groups -OCH3 is 1. The van der Waals surface area contributed by atoms with Gasteiger partial charge < -0.3 is 24.4 Å². The summed E-state index contributed by atoms with van der Waals surface area (Å²) >= 11 is 0. The molecule has 2 aromatic rings. The molecule has 0 radical (unpaired) electrons. The molecule has 0 atom stereocenters. The van der Waals surface area contributed by atoms with E-state index < -0.39 is 6.61 Å². The molecule has 1 aliphatic rings. The Kier molecular flexibility index (Phi) is 10.1. The molecule has 1 fully saturated rings. The number of benzene rings is 2. The van der Waals surface area contributed by atoms with Crippen LogP contribution >= 0.6 is 24.0 Å². The van der Waals surface area contributed by atoms with Gasteiger partial charge in [0, 0.05) is 51.2 Å². The predicted octanol–water partition coefficient (Wildman–Crippen LogP) is 4.53. The molecule has 9 heteroatoms. The molecule has 1 N–H and O–H groups in total. The van der Waals surface area contributed by atoms with E-state index in [1.807, 2.05) is 30.3 Å². The van der Waals surface area contributed by atoms with Gasteiger partial charge in [0.05, 0.1) is 7.11 Å². The first-order chi connectivity index (χ1) is 14.6. The molecule has 0 saturated carbocycles. The lowest BCUT2D eigenvalue weighted by Crippen LogP contribution is -2.47. The normalized spacial score (nSPS) is 14.7. The summed E-state index contributed by atoms with van der Waals surface area (Å²) in [5.74, 6) is 2.14. The summed E-state index contributed by atoms with van der Waals surface area (Å²) in [4.78, 5) is 6.48. The van der Waals surface area contributed by atoms with E-state index in [1.54, 1.807) is 19.2 Å². The average molecular weight is 547 g/mol. The van der Waals surface area contributed by atoms with Crippen molar-refractivity contribution in [3.63, 3.8) is 0 Å². The van der Waals surface area contributed by atoms with E-state index in [9.17, 15) is 8.78 Å². The van der Waals surface area contributed by atoms with Gasteiger partial charge in [-0.3, -0.25) is 4.99 Å². The molecule has 0 spiro atoms. The van der Waals surface area contributed by atoms with Crippen molar-refractivity contribution < 1.29 is 23.0 Å². The highest BCUT2D eigenvalue weighted by molar-refractivity contribution is 14.0. The summed E-state index contributed by atoms with van der Waals surface area (Å²) in [6.45, 7) is -1.02. The maximum atomic E-state index is 12.8. The number of hydrogen-bond donors (Lipinski definition) is 1. The molecule has 0 aliphatic carbocycles. The number of nitrogens with zero attached hydrogens (tertiary/aromatic N) is 2. The van der Waals surface area contributed by atoms with Crippen LogP contribution in [0.1, 0.15) is 18.4 Å². The van der Waals surface area contributed by atoms with Crippen LogP contribution in [0, 0.1) is 0 Å². The molecular formula is C22H28F2IN3O3. The SMILES string of the molecule is CN=C(NCc1ccc(OC)cc1OC(F)F)N1CCC(Oc2ccccc2)CC1.I. The molecule has 0 amide bonds. The second-order valence-corrected chi connectivity index (χ2v) is 6.87. The molecule has 0 aromatic heterocycles. The van der Waals surface area contributed by atoms with Gasteiger partial charge in [0.15, 0.2) is 5.96 Å². The molecule has 0 unspecified atom stereocenters. The van der Waals surface area contributed by atoms with Crippen LogP contribution in [0.4, 0.5) is 8.78 Å². The first-order valence-electron chi connectivity index (χ1n) is 9.88. The topological polar surface area (TPSA) is 55.3 Å². The van der Waals surface area contributed by atoms with Crippen LogP contribution in [0.5, 0.6) is 17.2 Å². The third-order valence-electron chi connectivity index (χ3n) is 4.93. The number of guanidine groups is 1. The molecule has 3 rings (SSSR count). The van der Waals surface area contributed by atoms with Crippen LogP contribution in [0.25, 0.3) is 0 Å². The first kappa shape index (κ1) is 25.0. The van der Waals surface area contributed by atoms with Gasteiger partial charge in [-0.15, -0.1) is 24.0 Å². The fourth-order valence-electron chi connectivity index (χ4n) is 3.40. The van der Waals surface area contributed by atoms with E-state index in [4.69, 9.17) is 9.47 Å². The van der Waals surface area contributed by atoms with E-state index >= 15 is 0 Å². The van der Waals surface area contributed by atoms with Crippen LogP contribution in [-0.4, -0.2) is 50.8 Å². The Labute approximate surface area is 198 Å². The van der Waals surface area contributed by atoms with Crippen molar-refractivity contribution >= 4 is 29.9 Å².